The highest BCUT2D eigenvalue weighted by Crippen LogP contribution is 2.25. The number of rotatable bonds is 8. The lowest BCUT2D eigenvalue weighted by atomic mass is 9.85. The van der Waals surface area contributed by atoms with E-state index < -0.39 is 22.8 Å². The number of carboxylic acid groups (broad SMARTS) is 2. The van der Waals surface area contributed by atoms with Gasteiger partial charge in [0.15, 0.2) is 0 Å². The Balaban J connectivity index is 2.57. The Morgan fingerprint density at radius 3 is 1.27 bits per heavy atom. The van der Waals surface area contributed by atoms with E-state index in [1.54, 1.807) is 27.7 Å². The minimum Gasteiger partial charge on any atom is -0.481 e. The molecule has 0 atom stereocenters. The maximum atomic E-state index is 11.1. The number of hydrogen-bond acceptors (Lipinski definition) is 2. The van der Waals surface area contributed by atoms with Gasteiger partial charge in [0.25, 0.3) is 0 Å². The normalized spacial score (nSPS) is 12.2. The second-order valence-corrected chi connectivity index (χ2v) is 7.19. The highest BCUT2D eigenvalue weighted by atomic mass is 16.4. The number of aryl methyl sites for hydroxylation is 2. The van der Waals surface area contributed by atoms with Crippen LogP contribution in [0.4, 0.5) is 0 Å². The van der Waals surface area contributed by atoms with E-state index in [2.05, 4.69) is 0 Å². The van der Waals surface area contributed by atoms with Crippen LogP contribution in [0.25, 0.3) is 0 Å². The van der Waals surface area contributed by atoms with Gasteiger partial charge in [0.05, 0.1) is 10.8 Å². The van der Waals surface area contributed by atoms with Crippen LogP contribution < -0.4 is 0 Å². The van der Waals surface area contributed by atoms with Crippen molar-refractivity contribution in [1.82, 2.24) is 0 Å². The van der Waals surface area contributed by atoms with Gasteiger partial charge in [-0.1, -0.05) is 24.3 Å². The molecule has 4 heteroatoms. The van der Waals surface area contributed by atoms with Crippen LogP contribution in [0.2, 0.25) is 0 Å². The Kier molecular flexibility index (Phi) is 5.75. The Labute approximate surface area is 132 Å². The van der Waals surface area contributed by atoms with Crippen LogP contribution in [0, 0.1) is 10.8 Å². The van der Waals surface area contributed by atoms with Gasteiger partial charge in [-0.15, -0.1) is 0 Å². The fourth-order valence-electron chi connectivity index (χ4n) is 2.00. The summed E-state index contributed by atoms with van der Waals surface area (Å²) in [5.74, 6) is -1.56. The lowest BCUT2D eigenvalue weighted by molar-refractivity contribution is -0.148. The molecular weight excluding hydrogens is 280 g/mol. The molecule has 0 aromatic heterocycles. The van der Waals surface area contributed by atoms with Crippen molar-refractivity contribution in [3.05, 3.63) is 35.4 Å². The minimum atomic E-state index is -0.778. The maximum Gasteiger partial charge on any atom is 0.309 e. The molecule has 0 fully saturated rings. The van der Waals surface area contributed by atoms with Crippen molar-refractivity contribution in [2.24, 2.45) is 10.8 Å². The molecule has 0 spiro atoms. The van der Waals surface area contributed by atoms with Gasteiger partial charge in [-0.05, 0) is 64.5 Å². The highest BCUT2D eigenvalue weighted by molar-refractivity contribution is 5.73. The molecule has 0 heterocycles. The molecule has 0 bridgehead atoms. The van der Waals surface area contributed by atoms with Crippen molar-refractivity contribution in [3.63, 3.8) is 0 Å². The van der Waals surface area contributed by atoms with Gasteiger partial charge in [-0.3, -0.25) is 9.59 Å². The van der Waals surface area contributed by atoms with Crippen molar-refractivity contribution in [3.8, 4) is 0 Å². The van der Waals surface area contributed by atoms with Crippen LogP contribution in [0.3, 0.4) is 0 Å². The Morgan fingerprint density at radius 1 is 0.773 bits per heavy atom. The predicted molar refractivity (Wildman–Crippen MR) is 85.9 cm³/mol. The quantitative estimate of drug-likeness (QED) is 0.766. The second-order valence-electron chi connectivity index (χ2n) is 7.19. The smallest absolute Gasteiger partial charge is 0.309 e. The Hall–Kier alpha value is -1.84. The fourth-order valence-corrected chi connectivity index (χ4v) is 2.00. The molecule has 1 rings (SSSR count). The van der Waals surface area contributed by atoms with E-state index in [0.29, 0.717) is 12.8 Å². The number of hydrogen-bond donors (Lipinski definition) is 2. The molecule has 1 aromatic carbocycles. The first-order chi connectivity index (χ1) is 10.0. The number of aliphatic carboxylic acids is 2. The zero-order chi connectivity index (χ0) is 17.0. The van der Waals surface area contributed by atoms with E-state index >= 15 is 0 Å². The monoisotopic (exact) mass is 306 g/mol. The van der Waals surface area contributed by atoms with Crippen LogP contribution in [-0.4, -0.2) is 22.2 Å². The molecule has 0 radical (unpaired) electrons. The predicted octanol–water partition coefficient (Wildman–Crippen LogP) is 3.77. The van der Waals surface area contributed by atoms with E-state index in [4.69, 9.17) is 10.2 Å². The van der Waals surface area contributed by atoms with Crippen LogP contribution in [0.1, 0.15) is 51.7 Å². The standard InChI is InChI=1S/C18H26O4/c1-17(2,15(19)20)11-9-13-5-7-14(8-6-13)10-12-18(3,4)16(21)22/h5-8H,9-12H2,1-4H3,(H,19,20)(H,21,22). The Bertz CT molecular complexity index is 478. The molecule has 22 heavy (non-hydrogen) atoms. The summed E-state index contributed by atoms with van der Waals surface area (Å²) in [7, 11) is 0. The summed E-state index contributed by atoms with van der Waals surface area (Å²) < 4.78 is 0. The maximum absolute atomic E-state index is 11.1. The van der Waals surface area contributed by atoms with E-state index in [1.807, 2.05) is 24.3 Å². The molecule has 0 aliphatic heterocycles. The van der Waals surface area contributed by atoms with Crippen molar-refractivity contribution >= 4 is 11.9 Å². The zero-order valence-corrected chi connectivity index (χ0v) is 13.8. The molecule has 0 aliphatic carbocycles. The molecule has 0 saturated heterocycles. The van der Waals surface area contributed by atoms with Gasteiger partial charge in [0.1, 0.15) is 0 Å². The summed E-state index contributed by atoms with van der Waals surface area (Å²) in [5.41, 5.74) is 0.778. The van der Waals surface area contributed by atoms with E-state index in [1.165, 1.54) is 0 Å². The summed E-state index contributed by atoms with van der Waals surface area (Å²) in [6.07, 6.45) is 2.63. The molecule has 122 valence electrons. The van der Waals surface area contributed by atoms with Crippen molar-refractivity contribution < 1.29 is 19.8 Å². The van der Waals surface area contributed by atoms with Crippen LogP contribution in [0.5, 0.6) is 0 Å². The first-order valence-electron chi connectivity index (χ1n) is 7.59. The third-order valence-electron chi connectivity index (χ3n) is 4.26. The van der Waals surface area contributed by atoms with Gasteiger partial charge in [0, 0.05) is 0 Å². The van der Waals surface area contributed by atoms with Crippen LogP contribution >= 0.6 is 0 Å². The number of benzene rings is 1. The number of carbonyl (C=O) groups is 2. The SMILES string of the molecule is CC(C)(CCc1ccc(CCC(C)(C)C(=O)O)cc1)C(=O)O. The molecule has 0 saturated carbocycles. The topological polar surface area (TPSA) is 74.6 Å². The molecule has 0 aliphatic rings. The van der Waals surface area contributed by atoms with Gasteiger partial charge in [0.2, 0.25) is 0 Å². The summed E-state index contributed by atoms with van der Waals surface area (Å²) in [5, 5.41) is 18.2. The van der Waals surface area contributed by atoms with Gasteiger partial charge < -0.3 is 10.2 Å². The summed E-state index contributed by atoms with van der Waals surface area (Å²) in [6, 6.07) is 8.00. The lowest BCUT2D eigenvalue weighted by Crippen LogP contribution is -2.24. The average molecular weight is 306 g/mol. The van der Waals surface area contributed by atoms with Gasteiger partial charge in [-0.2, -0.15) is 0 Å². The average Bonchev–Trinajstić information content (AvgIpc) is 2.44. The third-order valence-corrected chi connectivity index (χ3v) is 4.26. The van der Waals surface area contributed by atoms with E-state index in [-0.39, 0.29) is 0 Å². The molecule has 2 N–H and O–H groups in total. The zero-order valence-electron chi connectivity index (χ0n) is 13.8. The summed E-state index contributed by atoms with van der Waals surface area (Å²) >= 11 is 0. The van der Waals surface area contributed by atoms with Crippen LogP contribution in [0.15, 0.2) is 24.3 Å². The van der Waals surface area contributed by atoms with Gasteiger partial charge in [-0.25, -0.2) is 0 Å². The summed E-state index contributed by atoms with van der Waals surface area (Å²) in [4.78, 5) is 22.2. The lowest BCUT2D eigenvalue weighted by Gasteiger charge is -2.19. The first-order valence-corrected chi connectivity index (χ1v) is 7.59. The first kappa shape index (κ1) is 18.2. The molecule has 4 nitrogen and oxygen atoms in total. The molecule has 0 amide bonds. The second kappa shape index (κ2) is 6.95. The van der Waals surface area contributed by atoms with Crippen LogP contribution in [-0.2, 0) is 22.4 Å². The highest BCUT2D eigenvalue weighted by Gasteiger charge is 2.27. The summed E-state index contributed by atoms with van der Waals surface area (Å²) in [6.45, 7) is 6.94. The third kappa shape index (κ3) is 5.17. The van der Waals surface area contributed by atoms with Crippen molar-refractivity contribution in [2.45, 2.75) is 53.4 Å². The molecule has 0 unspecified atom stereocenters. The molecule has 1 aromatic rings. The van der Waals surface area contributed by atoms with Crippen molar-refractivity contribution in [1.29, 1.82) is 0 Å². The minimum absolute atomic E-state index is 0.591. The largest absolute Gasteiger partial charge is 0.481 e. The number of carboxylic acids is 2. The van der Waals surface area contributed by atoms with Gasteiger partial charge >= 0.3 is 11.9 Å². The van der Waals surface area contributed by atoms with E-state index in [9.17, 15) is 9.59 Å². The van der Waals surface area contributed by atoms with Crippen molar-refractivity contribution in [2.75, 3.05) is 0 Å². The Morgan fingerprint density at radius 2 is 1.05 bits per heavy atom. The van der Waals surface area contributed by atoms with E-state index in [0.717, 1.165) is 24.0 Å². The molecular formula is C18H26O4. The fraction of sp³-hybridized carbons (Fsp3) is 0.556.